The Kier molecular flexibility index (Phi) is 4.63. The van der Waals surface area contributed by atoms with Gasteiger partial charge in [0.25, 0.3) is 0 Å². The Balaban J connectivity index is 1.72. The average molecular weight is 358 g/mol. The summed E-state index contributed by atoms with van der Waals surface area (Å²) in [6, 6.07) is 25.6. The van der Waals surface area contributed by atoms with Crippen LogP contribution in [0.25, 0.3) is 11.0 Å². The highest BCUT2D eigenvalue weighted by molar-refractivity contribution is 7.98. The van der Waals surface area contributed by atoms with E-state index in [0.717, 1.165) is 16.5 Å². The van der Waals surface area contributed by atoms with Crippen molar-refractivity contribution < 1.29 is 9.21 Å². The Morgan fingerprint density at radius 3 is 2.35 bits per heavy atom. The van der Waals surface area contributed by atoms with Gasteiger partial charge in [-0.3, -0.25) is 4.79 Å². The molecule has 0 amide bonds. The highest BCUT2D eigenvalue weighted by atomic mass is 32.2. The zero-order valence-corrected chi connectivity index (χ0v) is 15.3. The Morgan fingerprint density at radius 1 is 0.885 bits per heavy atom. The van der Waals surface area contributed by atoms with Gasteiger partial charge in [-0.05, 0) is 25.1 Å². The molecule has 0 radical (unpaired) electrons. The lowest BCUT2D eigenvalue weighted by molar-refractivity contribution is 0.101. The summed E-state index contributed by atoms with van der Waals surface area (Å²) in [5.41, 5.74) is 3.60. The first-order chi connectivity index (χ1) is 12.7. The van der Waals surface area contributed by atoms with Crippen molar-refractivity contribution in [3.8, 4) is 0 Å². The van der Waals surface area contributed by atoms with E-state index in [1.165, 1.54) is 10.5 Å². The minimum absolute atomic E-state index is 0.0682. The molecular weight excluding hydrogens is 340 g/mol. The number of furan rings is 1. The summed E-state index contributed by atoms with van der Waals surface area (Å²) in [6.07, 6.45) is 0. The second kappa shape index (κ2) is 7.22. The summed E-state index contributed by atoms with van der Waals surface area (Å²) < 4.78 is 5.96. The third kappa shape index (κ3) is 3.31. The van der Waals surface area contributed by atoms with Crippen molar-refractivity contribution in [2.45, 2.75) is 17.6 Å². The topological polar surface area (TPSA) is 30.2 Å². The summed E-state index contributed by atoms with van der Waals surface area (Å²) in [5, 5.41) is 1.01. The number of carbonyl (C=O) groups excluding carboxylic acids is 1. The lowest BCUT2D eigenvalue weighted by Gasteiger charge is -2.04. The van der Waals surface area contributed by atoms with Crippen molar-refractivity contribution in [3.63, 3.8) is 0 Å². The van der Waals surface area contributed by atoms with Gasteiger partial charge in [0.1, 0.15) is 5.58 Å². The number of hydrogen-bond acceptors (Lipinski definition) is 3. The fraction of sp³-hybridized carbons (Fsp3) is 0.0870. The molecule has 4 aromatic rings. The van der Waals surface area contributed by atoms with Crippen LogP contribution in [-0.2, 0) is 5.75 Å². The van der Waals surface area contributed by atoms with Gasteiger partial charge >= 0.3 is 0 Å². The number of thioether (sulfide) groups is 1. The van der Waals surface area contributed by atoms with E-state index in [-0.39, 0.29) is 5.78 Å². The molecule has 0 aliphatic carbocycles. The lowest BCUT2D eigenvalue weighted by atomic mass is 10.0. The molecule has 2 nitrogen and oxygen atoms in total. The molecule has 0 unspecified atom stereocenters. The molecule has 0 atom stereocenters. The Labute approximate surface area is 156 Å². The van der Waals surface area contributed by atoms with Gasteiger partial charge in [-0.2, -0.15) is 0 Å². The lowest BCUT2D eigenvalue weighted by Crippen LogP contribution is -2.02. The molecule has 4 rings (SSSR count). The minimum Gasteiger partial charge on any atom is -0.452 e. The zero-order valence-electron chi connectivity index (χ0n) is 14.4. The SMILES string of the molecule is Cc1ccc(SCc2c(C(=O)c3ccccc3)oc3ccccc23)cc1. The van der Waals surface area contributed by atoms with Crippen LogP contribution >= 0.6 is 11.8 Å². The monoisotopic (exact) mass is 358 g/mol. The van der Waals surface area contributed by atoms with Gasteiger partial charge in [0, 0.05) is 27.2 Å². The van der Waals surface area contributed by atoms with Crippen molar-refractivity contribution in [1.29, 1.82) is 0 Å². The molecule has 1 aromatic heterocycles. The third-order valence-corrected chi connectivity index (χ3v) is 5.38. The Morgan fingerprint density at radius 2 is 1.58 bits per heavy atom. The molecule has 0 N–H and O–H groups in total. The van der Waals surface area contributed by atoms with Crippen LogP contribution in [0.4, 0.5) is 0 Å². The number of hydrogen-bond donors (Lipinski definition) is 0. The van der Waals surface area contributed by atoms with E-state index in [1.54, 1.807) is 11.8 Å². The van der Waals surface area contributed by atoms with E-state index in [1.807, 2.05) is 54.6 Å². The minimum atomic E-state index is -0.0682. The van der Waals surface area contributed by atoms with Crippen LogP contribution in [0.3, 0.4) is 0 Å². The first-order valence-electron chi connectivity index (χ1n) is 8.52. The molecule has 3 aromatic carbocycles. The number of para-hydroxylation sites is 1. The van der Waals surface area contributed by atoms with Crippen molar-refractivity contribution in [3.05, 3.63) is 101 Å². The predicted octanol–water partition coefficient (Wildman–Crippen LogP) is 6.26. The first kappa shape index (κ1) is 16.7. The van der Waals surface area contributed by atoms with Gasteiger partial charge < -0.3 is 4.42 Å². The van der Waals surface area contributed by atoms with Gasteiger partial charge in [-0.15, -0.1) is 11.8 Å². The van der Waals surface area contributed by atoms with E-state index in [4.69, 9.17) is 4.42 Å². The number of aryl methyl sites for hydroxylation is 1. The average Bonchev–Trinajstić information content (AvgIpc) is 3.06. The molecule has 0 saturated heterocycles. The standard InChI is InChI=1S/C23H18O2S/c1-16-11-13-18(14-12-16)26-15-20-19-9-5-6-10-21(19)25-23(20)22(24)17-7-3-2-4-8-17/h2-14H,15H2,1H3. The summed E-state index contributed by atoms with van der Waals surface area (Å²) in [7, 11) is 0. The van der Waals surface area contributed by atoms with Gasteiger partial charge in [0.15, 0.2) is 5.76 Å². The number of rotatable bonds is 5. The molecule has 0 aliphatic heterocycles. The van der Waals surface area contributed by atoms with E-state index in [9.17, 15) is 4.79 Å². The number of benzene rings is 3. The molecule has 0 bridgehead atoms. The highest BCUT2D eigenvalue weighted by Crippen LogP contribution is 2.33. The van der Waals surface area contributed by atoms with Crippen molar-refractivity contribution >= 4 is 28.5 Å². The fourth-order valence-electron chi connectivity index (χ4n) is 2.94. The van der Waals surface area contributed by atoms with Gasteiger partial charge in [0.2, 0.25) is 5.78 Å². The molecule has 128 valence electrons. The highest BCUT2D eigenvalue weighted by Gasteiger charge is 2.21. The van der Waals surface area contributed by atoms with Crippen LogP contribution < -0.4 is 0 Å². The summed E-state index contributed by atoms with van der Waals surface area (Å²) >= 11 is 1.72. The smallest absolute Gasteiger partial charge is 0.228 e. The number of fused-ring (bicyclic) bond motifs is 1. The molecule has 0 fully saturated rings. The van der Waals surface area contributed by atoms with Crippen LogP contribution in [0.15, 0.2) is 88.2 Å². The van der Waals surface area contributed by atoms with Crippen LogP contribution in [0, 0.1) is 6.92 Å². The summed E-state index contributed by atoms with van der Waals surface area (Å²) in [4.78, 5) is 14.2. The largest absolute Gasteiger partial charge is 0.452 e. The first-order valence-corrected chi connectivity index (χ1v) is 9.50. The number of ketones is 1. The normalized spacial score (nSPS) is 11.0. The summed E-state index contributed by atoms with van der Waals surface area (Å²) in [5.74, 6) is 1.06. The van der Waals surface area contributed by atoms with E-state index >= 15 is 0 Å². The van der Waals surface area contributed by atoms with Gasteiger partial charge in [0.05, 0.1) is 0 Å². The molecule has 26 heavy (non-hydrogen) atoms. The van der Waals surface area contributed by atoms with Crippen LogP contribution in [-0.4, -0.2) is 5.78 Å². The van der Waals surface area contributed by atoms with E-state index < -0.39 is 0 Å². The zero-order chi connectivity index (χ0) is 17.9. The van der Waals surface area contributed by atoms with Crippen LogP contribution in [0.5, 0.6) is 0 Å². The predicted molar refractivity (Wildman–Crippen MR) is 107 cm³/mol. The van der Waals surface area contributed by atoms with E-state index in [2.05, 4.69) is 31.2 Å². The molecule has 0 spiro atoms. The quantitative estimate of drug-likeness (QED) is 0.311. The van der Waals surface area contributed by atoms with Crippen molar-refractivity contribution in [1.82, 2.24) is 0 Å². The van der Waals surface area contributed by atoms with Gasteiger partial charge in [-0.1, -0.05) is 66.2 Å². The van der Waals surface area contributed by atoms with Crippen molar-refractivity contribution in [2.75, 3.05) is 0 Å². The Hall–Kier alpha value is -2.78. The third-order valence-electron chi connectivity index (χ3n) is 4.34. The van der Waals surface area contributed by atoms with Crippen LogP contribution in [0.2, 0.25) is 0 Å². The molecular formula is C23H18O2S. The van der Waals surface area contributed by atoms with Gasteiger partial charge in [-0.25, -0.2) is 0 Å². The number of carbonyl (C=O) groups is 1. The molecule has 3 heteroatoms. The maximum Gasteiger partial charge on any atom is 0.228 e. The molecule has 0 saturated carbocycles. The Bertz CT molecular complexity index is 1050. The second-order valence-electron chi connectivity index (χ2n) is 6.20. The second-order valence-corrected chi connectivity index (χ2v) is 7.25. The fourth-order valence-corrected chi connectivity index (χ4v) is 3.86. The maximum atomic E-state index is 13.0. The molecule has 1 heterocycles. The van der Waals surface area contributed by atoms with Crippen molar-refractivity contribution in [2.24, 2.45) is 0 Å². The summed E-state index contributed by atoms with van der Waals surface area (Å²) in [6.45, 7) is 2.08. The maximum absolute atomic E-state index is 13.0. The molecule has 0 aliphatic rings. The van der Waals surface area contributed by atoms with E-state index in [0.29, 0.717) is 17.1 Å². The van der Waals surface area contributed by atoms with Crippen LogP contribution in [0.1, 0.15) is 27.2 Å².